The molecule has 1 nitrogen and oxygen atoms in total. The van der Waals surface area contributed by atoms with Crippen molar-refractivity contribution in [3.05, 3.63) is 48.2 Å². The molecule has 0 bridgehead atoms. The van der Waals surface area contributed by atoms with Crippen LogP contribution in [0.25, 0.3) is 0 Å². The summed E-state index contributed by atoms with van der Waals surface area (Å²) in [5.41, 5.74) is 2.72. The number of nitrogens with zero attached hydrogens (tertiary/aromatic N) is 1. The van der Waals surface area contributed by atoms with Crippen molar-refractivity contribution >= 4 is 6.72 Å². The highest BCUT2D eigenvalue weighted by molar-refractivity contribution is 5.47. The number of allylic oxidation sites excluding steroid dienone is 5. The number of rotatable bonds is 4. The first-order valence-electron chi connectivity index (χ1n) is 3.79. The summed E-state index contributed by atoms with van der Waals surface area (Å²) in [5, 5.41) is 0. The summed E-state index contributed by atoms with van der Waals surface area (Å²) in [5.74, 6) is 0. The van der Waals surface area contributed by atoms with Crippen LogP contribution >= 0.6 is 0 Å². The summed E-state index contributed by atoms with van der Waals surface area (Å²) in [6, 6.07) is 0. The lowest BCUT2D eigenvalue weighted by Gasteiger charge is -2.02. The van der Waals surface area contributed by atoms with Gasteiger partial charge in [0.25, 0.3) is 0 Å². The van der Waals surface area contributed by atoms with E-state index in [1.807, 2.05) is 26.0 Å². The number of aliphatic imine (C=N–C) groups is 1. The van der Waals surface area contributed by atoms with Gasteiger partial charge in [0.15, 0.2) is 0 Å². The summed E-state index contributed by atoms with van der Waals surface area (Å²) in [7, 11) is 0. The first kappa shape index (κ1) is 10.6. The molecule has 0 atom stereocenters. The third kappa shape index (κ3) is 2.70. The van der Waals surface area contributed by atoms with Crippen LogP contribution in [-0.4, -0.2) is 6.72 Å². The Balaban J connectivity index is 5.14. The second-order valence-electron chi connectivity index (χ2n) is 2.44. The van der Waals surface area contributed by atoms with Crippen LogP contribution in [0.15, 0.2) is 53.2 Å². The van der Waals surface area contributed by atoms with Crippen molar-refractivity contribution < 1.29 is 0 Å². The molecule has 64 valence electrons. The van der Waals surface area contributed by atoms with Gasteiger partial charge < -0.3 is 0 Å². The van der Waals surface area contributed by atoms with Crippen molar-refractivity contribution in [2.45, 2.75) is 13.8 Å². The molecular formula is C11H15N. The Morgan fingerprint density at radius 2 is 2.00 bits per heavy atom. The molecule has 0 aromatic heterocycles. The maximum absolute atomic E-state index is 3.88. The van der Waals surface area contributed by atoms with Crippen LogP contribution in [0.2, 0.25) is 0 Å². The van der Waals surface area contributed by atoms with Crippen molar-refractivity contribution in [2.75, 3.05) is 0 Å². The van der Waals surface area contributed by atoms with E-state index in [-0.39, 0.29) is 0 Å². The quantitative estimate of drug-likeness (QED) is 0.443. The highest BCUT2D eigenvalue weighted by Gasteiger charge is 1.97. The van der Waals surface area contributed by atoms with E-state index in [0.29, 0.717) is 0 Å². The summed E-state index contributed by atoms with van der Waals surface area (Å²) in [6.45, 7) is 14.9. The van der Waals surface area contributed by atoms with Gasteiger partial charge in [-0.15, -0.1) is 0 Å². The van der Waals surface area contributed by atoms with E-state index in [4.69, 9.17) is 0 Å². The lowest BCUT2D eigenvalue weighted by Crippen LogP contribution is -1.84. The van der Waals surface area contributed by atoms with E-state index in [1.165, 1.54) is 0 Å². The molecule has 0 saturated heterocycles. The zero-order valence-electron chi connectivity index (χ0n) is 7.80. The summed E-state index contributed by atoms with van der Waals surface area (Å²) in [6.07, 6.45) is 5.54. The Kier molecular flexibility index (Phi) is 4.70. The van der Waals surface area contributed by atoms with Gasteiger partial charge in [0.2, 0.25) is 0 Å². The Bertz CT molecular complexity index is 254. The molecule has 0 radical (unpaired) electrons. The third-order valence-corrected chi connectivity index (χ3v) is 1.43. The van der Waals surface area contributed by atoms with Crippen LogP contribution < -0.4 is 0 Å². The van der Waals surface area contributed by atoms with Crippen LogP contribution in [0, 0.1) is 0 Å². The van der Waals surface area contributed by atoms with Gasteiger partial charge in [-0.3, -0.25) is 4.99 Å². The smallest absolute Gasteiger partial charge is 0.0693 e. The number of hydrogen-bond donors (Lipinski definition) is 0. The largest absolute Gasteiger partial charge is 0.264 e. The molecule has 0 aromatic rings. The highest BCUT2D eigenvalue weighted by atomic mass is 14.7. The lowest BCUT2D eigenvalue weighted by atomic mass is 10.1. The Morgan fingerprint density at radius 1 is 1.42 bits per heavy atom. The molecule has 0 spiro atoms. The van der Waals surface area contributed by atoms with Crippen molar-refractivity contribution in [2.24, 2.45) is 4.99 Å². The van der Waals surface area contributed by atoms with E-state index < -0.39 is 0 Å². The molecule has 12 heavy (non-hydrogen) atoms. The van der Waals surface area contributed by atoms with Gasteiger partial charge in [0.05, 0.1) is 5.70 Å². The predicted molar refractivity (Wildman–Crippen MR) is 56.4 cm³/mol. The molecule has 0 aliphatic rings. The molecule has 0 saturated carbocycles. The second-order valence-corrected chi connectivity index (χ2v) is 2.44. The minimum absolute atomic E-state index is 0.819. The minimum Gasteiger partial charge on any atom is -0.264 e. The second kappa shape index (κ2) is 5.30. The van der Waals surface area contributed by atoms with Gasteiger partial charge in [0, 0.05) is 5.57 Å². The molecular weight excluding hydrogens is 146 g/mol. The SMILES string of the molecule is C=C/C(C(=C)C)=C(\C=C/C)N=C. The van der Waals surface area contributed by atoms with E-state index >= 15 is 0 Å². The molecule has 0 aliphatic carbocycles. The van der Waals surface area contributed by atoms with Crippen LogP contribution in [-0.2, 0) is 0 Å². The van der Waals surface area contributed by atoms with Crippen LogP contribution in [0.4, 0.5) is 0 Å². The van der Waals surface area contributed by atoms with E-state index in [9.17, 15) is 0 Å². The molecule has 0 fully saturated rings. The molecule has 1 heteroatoms. The third-order valence-electron chi connectivity index (χ3n) is 1.43. The number of hydrogen-bond acceptors (Lipinski definition) is 1. The van der Waals surface area contributed by atoms with Crippen molar-refractivity contribution in [3.63, 3.8) is 0 Å². The highest BCUT2D eigenvalue weighted by Crippen LogP contribution is 2.15. The average Bonchev–Trinajstić information content (AvgIpc) is 2.03. The van der Waals surface area contributed by atoms with E-state index in [2.05, 4.69) is 24.9 Å². The van der Waals surface area contributed by atoms with E-state index in [0.717, 1.165) is 16.8 Å². The zero-order valence-corrected chi connectivity index (χ0v) is 7.80. The monoisotopic (exact) mass is 161 g/mol. The molecule has 0 aliphatic heterocycles. The van der Waals surface area contributed by atoms with Crippen molar-refractivity contribution in [3.8, 4) is 0 Å². The van der Waals surface area contributed by atoms with Crippen LogP contribution in [0.5, 0.6) is 0 Å². The van der Waals surface area contributed by atoms with Crippen molar-refractivity contribution in [1.29, 1.82) is 0 Å². The molecule has 0 rings (SSSR count). The zero-order chi connectivity index (χ0) is 9.56. The molecule has 0 heterocycles. The average molecular weight is 161 g/mol. The van der Waals surface area contributed by atoms with Crippen molar-refractivity contribution in [1.82, 2.24) is 0 Å². The van der Waals surface area contributed by atoms with Crippen LogP contribution in [0.1, 0.15) is 13.8 Å². The van der Waals surface area contributed by atoms with E-state index in [1.54, 1.807) is 6.08 Å². The Morgan fingerprint density at radius 3 is 2.25 bits per heavy atom. The summed E-state index contributed by atoms with van der Waals surface area (Å²) < 4.78 is 0. The maximum atomic E-state index is 3.88. The molecule has 0 aromatic carbocycles. The van der Waals surface area contributed by atoms with Gasteiger partial charge in [-0.05, 0) is 32.2 Å². The fraction of sp³-hybridized carbons (Fsp3) is 0.182. The van der Waals surface area contributed by atoms with Gasteiger partial charge in [-0.25, -0.2) is 0 Å². The lowest BCUT2D eigenvalue weighted by molar-refractivity contribution is 1.32. The van der Waals surface area contributed by atoms with Gasteiger partial charge in [-0.1, -0.05) is 25.3 Å². The Hall–Kier alpha value is -1.37. The topological polar surface area (TPSA) is 12.4 Å². The fourth-order valence-electron chi connectivity index (χ4n) is 0.883. The summed E-state index contributed by atoms with van der Waals surface area (Å²) >= 11 is 0. The van der Waals surface area contributed by atoms with Gasteiger partial charge in [0.1, 0.15) is 0 Å². The maximum Gasteiger partial charge on any atom is 0.0693 e. The first-order chi connectivity index (χ1) is 5.67. The first-order valence-corrected chi connectivity index (χ1v) is 3.79. The molecule has 0 amide bonds. The van der Waals surface area contributed by atoms with Gasteiger partial charge >= 0.3 is 0 Å². The predicted octanol–water partition coefficient (Wildman–Crippen LogP) is 3.28. The normalized spacial score (nSPS) is 12.5. The molecule has 0 N–H and O–H groups in total. The summed E-state index contributed by atoms with van der Waals surface area (Å²) in [4.78, 5) is 3.88. The molecule has 0 unspecified atom stereocenters. The standard InChI is InChI=1S/C11H15N/c1-6-8-11(12-5)10(7-2)9(3)4/h6-8H,2-3,5H2,1,4H3/b8-6-,11-10-. The Labute approximate surface area is 74.5 Å². The fourth-order valence-corrected chi connectivity index (χ4v) is 0.883. The van der Waals surface area contributed by atoms with Crippen LogP contribution in [0.3, 0.4) is 0 Å². The van der Waals surface area contributed by atoms with Gasteiger partial charge in [-0.2, -0.15) is 0 Å². The minimum atomic E-state index is 0.819.